The third-order valence-corrected chi connectivity index (χ3v) is 4.71. The number of rotatable bonds is 0. The quantitative estimate of drug-likeness (QED) is 0.637. The van der Waals surface area contributed by atoms with Crippen molar-refractivity contribution in [3.8, 4) is 0 Å². The van der Waals surface area contributed by atoms with Gasteiger partial charge in [0.1, 0.15) is 0 Å². The molecule has 2 aliphatic heterocycles. The van der Waals surface area contributed by atoms with E-state index in [1.807, 2.05) is 0 Å². The van der Waals surface area contributed by atoms with Crippen LogP contribution in [-0.4, -0.2) is 25.2 Å². The van der Waals surface area contributed by atoms with Crippen LogP contribution < -0.4 is 10.6 Å². The largest absolute Gasteiger partial charge is 0.344 e. The van der Waals surface area contributed by atoms with Crippen LogP contribution in [0.5, 0.6) is 0 Å². The predicted molar refractivity (Wildman–Crippen MR) is 71.9 cm³/mol. The Bertz CT molecular complexity index is 156. The Morgan fingerprint density at radius 2 is 0.882 bits per heavy atom. The van der Waals surface area contributed by atoms with Gasteiger partial charge < -0.3 is 10.6 Å². The molecule has 1 aliphatic carbocycles. The van der Waals surface area contributed by atoms with E-state index in [4.69, 9.17) is 0 Å². The molecule has 3 fully saturated rings. The number of fused-ring (bicyclic) bond motifs is 12. The van der Waals surface area contributed by atoms with Crippen LogP contribution in [0.25, 0.3) is 0 Å². The molecular weight excluding hydrogens is 208 g/mol. The Morgan fingerprint density at radius 3 is 1.29 bits per heavy atom. The fraction of sp³-hybridized carbons (Fsp3) is 1.00. The van der Waals surface area contributed by atoms with Crippen molar-refractivity contribution in [3.05, 3.63) is 0 Å². The molecule has 0 spiro atoms. The van der Waals surface area contributed by atoms with E-state index in [0.29, 0.717) is 0 Å². The number of nitrogens with two attached hydrogens (primary N) is 2. The maximum absolute atomic E-state index is 2.67. The summed E-state index contributed by atoms with van der Waals surface area (Å²) in [6.45, 7) is 2.77. The summed E-state index contributed by atoms with van der Waals surface area (Å²) in [4.78, 5) is 0. The lowest BCUT2D eigenvalue weighted by Crippen LogP contribution is -2.90. The highest BCUT2D eigenvalue weighted by molar-refractivity contribution is 4.64. The summed E-state index contributed by atoms with van der Waals surface area (Å²) in [5.74, 6) is 0. The van der Waals surface area contributed by atoms with Gasteiger partial charge in [-0.1, -0.05) is 0 Å². The molecule has 2 nitrogen and oxygen atoms in total. The Balaban J connectivity index is 1.89. The lowest BCUT2D eigenvalue weighted by Gasteiger charge is -2.19. The molecule has 0 aromatic carbocycles. The summed E-state index contributed by atoms with van der Waals surface area (Å²) in [6, 6.07) is 1.91. The van der Waals surface area contributed by atoms with Crippen molar-refractivity contribution in [2.24, 2.45) is 0 Å². The summed E-state index contributed by atoms with van der Waals surface area (Å²) in [7, 11) is 0. The van der Waals surface area contributed by atoms with Crippen molar-refractivity contribution in [3.63, 3.8) is 0 Å². The monoisotopic (exact) mass is 240 g/mol. The molecule has 2 bridgehead atoms. The van der Waals surface area contributed by atoms with E-state index in [-0.39, 0.29) is 0 Å². The highest BCUT2D eigenvalue weighted by atomic mass is 14.9. The minimum absolute atomic E-state index is 0.955. The van der Waals surface area contributed by atoms with Crippen LogP contribution in [0.15, 0.2) is 0 Å². The molecule has 3 rings (SSSR count). The first-order valence-corrected chi connectivity index (χ1v) is 8.12. The molecule has 1 saturated carbocycles. The van der Waals surface area contributed by atoms with Gasteiger partial charge in [0, 0.05) is 0 Å². The Hall–Kier alpha value is -0.0800. The van der Waals surface area contributed by atoms with Crippen LogP contribution in [0, 0.1) is 0 Å². The molecule has 17 heavy (non-hydrogen) atoms. The molecule has 0 radical (unpaired) electrons. The van der Waals surface area contributed by atoms with Crippen LogP contribution in [0.3, 0.4) is 0 Å². The van der Waals surface area contributed by atoms with Crippen LogP contribution in [-0.2, 0) is 0 Å². The second-order valence-corrected chi connectivity index (χ2v) is 6.20. The highest BCUT2D eigenvalue weighted by Crippen LogP contribution is 2.14. The summed E-state index contributed by atoms with van der Waals surface area (Å²) < 4.78 is 0. The van der Waals surface area contributed by atoms with E-state index in [0.717, 1.165) is 12.1 Å². The molecule has 0 unspecified atom stereocenters. The first-order chi connectivity index (χ1) is 8.45. The molecule has 2 saturated heterocycles. The fourth-order valence-corrected chi connectivity index (χ4v) is 3.56. The van der Waals surface area contributed by atoms with E-state index in [1.165, 1.54) is 83.7 Å². The third-order valence-electron chi connectivity index (χ3n) is 4.71. The van der Waals surface area contributed by atoms with Crippen LogP contribution in [0.2, 0.25) is 0 Å². The second-order valence-electron chi connectivity index (χ2n) is 6.20. The van der Waals surface area contributed by atoms with Gasteiger partial charge in [0.05, 0.1) is 25.2 Å². The van der Waals surface area contributed by atoms with E-state index in [1.54, 1.807) is 0 Å². The number of hydrogen-bond acceptors (Lipinski definition) is 0. The van der Waals surface area contributed by atoms with Gasteiger partial charge >= 0.3 is 0 Å². The van der Waals surface area contributed by atoms with Gasteiger partial charge in [-0.3, -0.25) is 0 Å². The normalized spacial score (nSPS) is 33.9. The van der Waals surface area contributed by atoms with Gasteiger partial charge in [-0.2, -0.15) is 0 Å². The van der Waals surface area contributed by atoms with Gasteiger partial charge in [-0.05, 0) is 70.6 Å². The van der Waals surface area contributed by atoms with Crippen LogP contribution in [0.1, 0.15) is 70.6 Å². The van der Waals surface area contributed by atoms with Gasteiger partial charge in [-0.25, -0.2) is 0 Å². The Labute approximate surface area is 107 Å². The molecular formula is C15H32N2+2. The van der Waals surface area contributed by atoms with Gasteiger partial charge in [-0.15, -0.1) is 0 Å². The molecule has 2 heteroatoms. The van der Waals surface area contributed by atoms with E-state index in [9.17, 15) is 0 Å². The fourth-order valence-electron chi connectivity index (χ4n) is 3.56. The maximum Gasteiger partial charge on any atom is 0.0859 e. The SMILES string of the molecule is C1CC[NH2+]C2CCCCC(CCCC2)[NH2+]CC1. The zero-order valence-corrected chi connectivity index (χ0v) is 11.5. The smallest absolute Gasteiger partial charge is 0.0859 e. The second kappa shape index (κ2) is 8.10. The van der Waals surface area contributed by atoms with Crippen molar-refractivity contribution < 1.29 is 10.6 Å². The van der Waals surface area contributed by atoms with Crippen LogP contribution in [0.4, 0.5) is 0 Å². The highest BCUT2D eigenvalue weighted by Gasteiger charge is 2.17. The molecule has 2 heterocycles. The third kappa shape index (κ3) is 5.39. The Kier molecular flexibility index (Phi) is 6.36. The zero-order valence-electron chi connectivity index (χ0n) is 11.5. The summed E-state index contributed by atoms with van der Waals surface area (Å²) >= 11 is 0. The molecule has 0 amide bonds. The molecule has 0 aromatic heterocycles. The topological polar surface area (TPSA) is 33.2 Å². The maximum atomic E-state index is 2.67. The van der Waals surface area contributed by atoms with Crippen molar-refractivity contribution in [1.29, 1.82) is 0 Å². The summed E-state index contributed by atoms with van der Waals surface area (Å²) in [5.41, 5.74) is 0. The predicted octanol–water partition coefficient (Wildman–Crippen LogP) is 1.17. The van der Waals surface area contributed by atoms with E-state index < -0.39 is 0 Å². The molecule has 0 atom stereocenters. The standard InChI is InChI=1S/C15H30N2/c1-6-12-16-14-8-2-3-9-15(17-13-7-1)11-5-4-10-14/h14-17H,1-13H2/p+2. The van der Waals surface area contributed by atoms with Gasteiger partial charge in [0.15, 0.2) is 0 Å². The lowest BCUT2D eigenvalue weighted by molar-refractivity contribution is -0.691. The zero-order chi connectivity index (χ0) is 11.8. The van der Waals surface area contributed by atoms with Crippen molar-refractivity contribution in [2.45, 2.75) is 82.7 Å². The minimum atomic E-state index is 0.955. The molecule has 3 aliphatic rings. The van der Waals surface area contributed by atoms with Crippen molar-refractivity contribution >= 4 is 0 Å². The first-order valence-electron chi connectivity index (χ1n) is 8.12. The lowest BCUT2D eigenvalue weighted by atomic mass is 9.95. The van der Waals surface area contributed by atoms with E-state index in [2.05, 4.69) is 10.6 Å². The average Bonchev–Trinajstić information content (AvgIpc) is 2.39. The molecule has 100 valence electrons. The van der Waals surface area contributed by atoms with Gasteiger partial charge in [0.25, 0.3) is 0 Å². The Morgan fingerprint density at radius 1 is 0.471 bits per heavy atom. The first kappa shape index (κ1) is 13.4. The van der Waals surface area contributed by atoms with Crippen LogP contribution >= 0.6 is 0 Å². The van der Waals surface area contributed by atoms with Crippen molar-refractivity contribution in [1.82, 2.24) is 0 Å². The van der Waals surface area contributed by atoms with Crippen molar-refractivity contribution in [2.75, 3.05) is 13.1 Å². The minimum Gasteiger partial charge on any atom is -0.344 e. The summed E-state index contributed by atoms with van der Waals surface area (Å²) in [6.07, 6.45) is 16.2. The van der Waals surface area contributed by atoms with E-state index >= 15 is 0 Å². The number of quaternary nitrogens is 2. The molecule has 4 N–H and O–H groups in total. The number of hydrogen-bond donors (Lipinski definition) is 2. The van der Waals surface area contributed by atoms with Gasteiger partial charge in [0.2, 0.25) is 0 Å². The molecule has 0 aromatic rings. The average molecular weight is 240 g/mol. The summed E-state index contributed by atoms with van der Waals surface area (Å²) in [5, 5.41) is 5.33.